The quantitative estimate of drug-likeness (QED) is 0.150. The first-order valence-electron chi connectivity index (χ1n) is 13.9. The molecule has 4 atom stereocenters. The molecule has 14 heteroatoms. The van der Waals surface area contributed by atoms with Gasteiger partial charge < -0.3 is 40.8 Å². The van der Waals surface area contributed by atoms with Gasteiger partial charge in [0.2, 0.25) is 0 Å². The summed E-state index contributed by atoms with van der Waals surface area (Å²) in [6.07, 6.45) is 0.0969. The van der Waals surface area contributed by atoms with Crippen molar-refractivity contribution < 1.29 is 24.4 Å². The van der Waals surface area contributed by atoms with Gasteiger partial charge in [-0.05, 0) is 31.2 Å². The number of anilines is 3. The predicted molar refractivity (Wildman–Crippen MR) is 161 cm³/mol. The van der Waals surface area contributed by atoms with Crippen molar-refractivity contribution >= 4 is 33.7 Å². The van der Waals surface area contributed by atoms with E-state index >= 15 is 0 Å². The second-order valence-corrected chi connectivity index (χ2v) is 10.7. The van der Waals surface area contributed by atoms with E-state index < -0.39 is 23.9 Å². The third kappa shape index (κ3) is 5.18. The Morgan fingerprint density at radius 3 is 2.79 bits per heavy atom. The maximum absolute atomic E-state index is 11.5. The molecule has 226 valence electrons. The van der Waals surface area contributed by atoms with Crippen molar-refractivity contribution in [2.45, 2.75) is 30.8 Å². The number of rotatable bonds is 10. The normalized spacial score (nSPS) is 22.0. The number of methoxy groups -OCH3 is 1. The number of hydrogen-bond acceptors (Lipinski definition) is 12. The zero-order chi connectivity index (χ0) is 30.3. The Morgan fingerprint density at radius 1 is 1.21 bits per heavy atom. The van der Waals surface area contributed by atoms with E-state index in [4.69, 9.17) is 19.9 Å². The van der Waals surface area contributed by atoms with Crippen molar-refractivity contribution in [3.05, 3.63) is 54.6 Å². The molecule has 1 aliphatic rings. The van der Waals surface area contributed by atoms with Crippen molar-refractivity contribution in [2.24, 2.45) is 7.05 Å². The molecule has 0 spiro atoms. The van der Waals surface area contributed by atoms with Crippen LogP contribution < -0.4 is 21.1 Å². The van der Waals surface area contributed by atoms with Crippen LogP contribution in [0.3, 0.4) is 0 Å². The van der Waals surface area contributed by atoms with Gasteiger partial charge in [-0.1, -0.05) is 0 Å². The first kappa shape index (κ1) is 28.6. The molecule has 1 fully saturated rings. The Balaban J connectivity index is 1.26. The minimum absolute atomic E-state index is 0.0164. The zero-order valence-corrected chi connectivity index (χ0v) is 24.4. The van der Waals surface area contributed by atoms with Crippen LogP contribution in [0.5, 0.6) is 5.75 Å². The number of hydrogen-bond donors (Lipinski definition) is 5. The predicted octanol–water partition coefficient (Wildman–Crippen LogP) is 1.99. The Labute approximate surface area is 247 Å². The van der Waals surface area contributed by atoms with E-state index in [0.717, 1.165) is 16.6 Å². The van der Waals surface area contributed by atoms with Crippen molar-refractivity contribution in [1.29, 1.82) is 0 Å². The molecule has 1 aliphatic heterocycles. The first-order valence-corrected chi connectivity index (χ1v) is 13.9. The molecular weight excluding hydrogens is 554 g/mol. The average molecular weight is 590 g/mol. The topological polar surface area (TPSA) is 179 Å². The van der Waals surface area contributed by atoms with Crippen LogP contribution in [0.25, 0.3) is 27.7 Å². The SMILES string of the molecule is CNc1cc(NCCOC)c2ccc(OC[C@H]3O[C@@H](c4cc(-c5ccn(C)n5)c5c(N)ncnn45)[C@](C)(O)[C@@H]3O)cc2n1. The Bertz CT molecular complexity index is 1770. The highest BCUT2D eigenvalue weighted by atomic mass is 16.6. The lowest BCUT2D eigenvalue weighted by Gasteiger charge is -2.26. The van der Waals surface area contributed by atoms with Crippen molar-refractivity contribution in [3.63, 3.8) is 0 Å². The van der Waals surface area contributed by atoms with Gasteiger partial charge in [0.1, 0.15) is 53.9 Å². The van der Waals surface area contributed by atoms with Gasteiger partial charge in [0, 0.05) is 62.7 Å². The van der Waals surface area contributed by atoms with Crippen molar-refractivity contribution in [3.8, 4) is 17.0 Å². The molecule has 5 heterocycles. The third-order valence-corrected chi connectivity index (χ3v) is 7.73. The van der Waals surface area contributed by atoms with Crippen LogP contribution in [-0.4, -0.2) is 91.3 Å². The maximum atomic E-state index is 11.5. The van der Waals surface area contributed by atoms with E-state index in [1.165, 1.54) is 13.3 Å². The molecule has 0 unspecified atom stereocenters. The summed E-state index contributed by atoms with van der Waals surface area (Å²) in [5.74, 6) is 1.50. The molecule has 6 N–H and O–H groups in total. The molecule has 1 aromatic carbocycles. The third-order valence-electron chi connectivity index (χ3n) is 7.73. The fourth-order valence-electron chi connectivity index (χ4n) is 5.49. The number of nitrogen functional groups attached to an aromatic ring is 1. The number of ether oxygens (including phenoxy) is 3. The number of aliphatic hydroxyl groups excluding tert-OH is 1. The average Bonchev–Trinajstić information content (AvgIpc) is 3.66. The van der Waals surface area contributed by atoms with E-state index in [0.29, 0.717) is 47.2 Å². The van der Waals surface area contributed by atoms with Crippen LogP contribution in [0, 0.1) is 0 Å². The van der Waals surface area contributed by atoms with Gasteiger partial charge in [-0.3, -0.25) is 4.68 Å². The highest BCUT2D eigenvalue weighted by Gasteiger charge is 2.54. The highest BCUT2D eigenvalue weighted by Crippen LogP contribution is 2.44. The fourth-order valence-corrected chi connectivity index (χ4v) is 5.49. The number of aromatic nitrogens is 6. The van der Waals surface area contributed by atoms with E-state index in [9.17, 15) is 10.2 Å². The lowest BCUT2D eigenvalue weighted by atomic mass is 9.91. The standard InChI is InChI=1S/C29H35N9O5/c1-29(40)26(39)23(14-42-16-5-6-17-20(32-8-10-41-4)13-24(31-2)35-21(17)11-16)43-27(29)22-12-18(19-7-9-37(3)36-19)25-28(30)33-15-34-38(22)25/h5-7,9,11-13,15,23,26-27,39-40H,8,10,14H2,1-4H3,(H2,30,33,34)(H2,31,32,35)/t23-,26-,27+,29-/m1/s1. The van der Waals surface area contributed by atoms with Gasteiger partial charge >= 0.3 is 0 Å². The number of aliphatic hydroxyl groups is 2. The second kappa shape index (κ2) is 11.3. The Hall–Kier alpha value is -4.50. The fraction of sp³-hybridized carbons (Fsp3) is 0.379. The number of nitrogens with zero attached hydrogens (tertiary/aromatic N) is 6. The summed E-state index contributed by atoms with van der Waals surface area (Å²) in [4.78, 5) is 8.81. The summed E-state index contributed by atoms with van der Waals surface area (Å²) in [6, 6.07) is 11.2. The summed E-state index contributed by atoms with van der Waals surface area (Å²) < 4.78 is 20.8. The van der Waals surface area contributed by atoms with E-state index in [1.54, 1.807) is 16.3 Å². The Morgan fingerprint density at radius 2 is 2.05 bits per heavy atom. The molecule has 0 amide bonds. The van der Waals surface area contributed by atoms with Crippen LogP contribution >= 0.6 is 0 Å². The van der Waals surface area contributed by atoms with Crippen LogP contribution in [0.15, 0.2) is 48.9 Å². The molecule has 0 saturated carbocycles. The first-order chi connectivity index (χ1) is 20.7. The summed E-state index contributed by atoms with van der Waals surface area (Å²) in [5, 5.41) is 39.0. The number of pyridine rings is 1. The van der Waals surface area contributed by atoms with Gasteiger partial charge in [-0.25, -0.2) is 14.5 Å². The van der Waals surface area contributed by atoms with Gasteiger partial charge in [0.05, 0.1) is 23.5 Å². The van der Waals surface area contributed by atoms with Gasteiger partial charge in [-0.15, -0.1) is 0 Å². The number of fused-ring (bicyclic) bond motifs is 2. The number of nitrogens with one attached hydrogen (secondary N) is 2. The highest BCUT2D eigenvalue weighted by molar-refractivity contribution is 5.94. The molecule has 0 bridgehead atoms. The molecular formula is C29H35N9O5. The molecule has 5 aromatic rings. The number of nitrogens with two attached hydrogens (primary N) is 1. The number of aryl methyl sites for hydroxylation is 1. The summed E-state index contributed by atoms with van der Waals surface area (Å²) >= 11 is 0. The van der Waals surface area contributed by atoms with E-state index in [-0.39, 0.29) is 12.4 Å². The van der Waals surface area contributed by atoms with Gasteiger partial charge in [0.25, 0.3) is 0 Å². The molecule has 14 nitrogen and oxygen atoms in total. The molecule has 4 aromatic heterocycles. The summed E-state index contributed by atoms with van der Waals surface area (Å²) in [5.41, 5.74) is 8.60. The summed E-state index contributed by atoms with van der Waals surface area (Å²) in [7, 11) is 5.28. The largest absolute Gasteiger partial charge is 0.491 e. The monoisotopic (exact) mass is 589 g/mol. The van der Waals surface area contributed by atoms with E-state index in [2.05, 4.69) is 30.8 Å². The van der Waals surface area contributed by atoms with Crippen LogP contribution in [0.4, 0.5) is 17.3 Å². The summed E-state index contributed by atoms with van der Waals surface area (Å²) in [6.45, 7) is 2.73. The van der Waals surface area contributed by atoms with E-state index in [1.807, 2.05) is 56.7 Å². The van der Waals surface area contributed by atoms with Crippen LogP contribution in [0.2, 0.25) is 0 Å². The lowest BCUT2D eigenvalue weighted by Crippen LogP contribution is -2.43. The van der Waals surface area contributed by atoms with Crippen LogP contribution in [0.1, 0.15) is 18.7 Å². The lowest BCUT2D eigenvalue weighted by molar-refractivity contribution is -0.0664. The van der Waals surface area contributed by atoms with Crippen LogP contribution in [-0.2, 0) is 16.5 Å². The van der Waals surface area contributed by atoms with Gasteiger partial charge in [-0.2, -0.15) is 10.2 Å². The second-order valence-electron chi connectivity index (χ2n) is 10.7. The molecule has 6 rings (SSSR count). The Kier molecular flexibility index (Phi) is 7.52. The maximum Gasteiger partial charge on any atom is 0.152 e. The van der Waals surface area contributed by atoms with Crippen molar-refractivity contribution in [2.75, 3.05) is 50.3 Å². The molecule has 43 heavy (non-hydrogen) atoms. The smallest absolute Gasteiger partial charge is 0.152 e. The minimum atomic E-state index is -1.67. The molecule has 0 radical (unpaired) electrons. The minimum Gasteiger partial charge on any atom is -0.491 e. The van der Waals surface area contributed by atoms with Crippen molar-refractivity contribution in [1.82, 2.24) is 29.4 Å². The number of benzene rings is 1. The van der Waals surface area contributed by atoms with Gasteiger partial charge in [0.15, 0.2) is 5.82 Å². The molecule has 1 saturated heterocycles. The zero-order valence-electron chi connectivity index (χ0n) is 24.4. The molecule has 0 aliphatic carbocycles.